The Morgan fingerprint density at radius 2 is 2.56 bits per heavy atom. The van der Waals surface area contributed by atoms with Crippen molar-refractivity contribution in [2.75, 3.05) is 6.67 Å². The van der Waals surface area contributed by atoms with Gasteiger partial charge in [-0.15, -0.1) is 0 Å². The maximum atomic E-state index is 11.7. The molecule has 1 rings (SSSR count). The predicted molar refractivity (Wildman–Crippen MR) is 40.9 cm³/mol. The third-order valence-electron chi connectivity index (χ3n) is 0.987. The van der Waals surface area contributed by atoms with E-state index in [4.69, 9.17) is 0 Å². The first kappa shape index (κ1) is 6.98. The fourth-order valence-electron chi connectivity index (χ4n) is 0.560. The fraction of sp³-hybridized carbons (Fsp3) is 0.400. The minimum atomic E-state index is -0.327. The van der Waals surface area contributed by atoms with Crippen LogP contribution >= 0.6 is 22.6 Å². The van der Waals surface area contributed by atoms with Gasteiger partial charge in [0, 0.05) is 0 Å². The highest BCUT2D eigenvalue weighted by Crippen LogP contribution is 2.01. The molecule has 0 atom stereocenters. The zero-order chi connectivity index (χ0) is 6.69. The highest BCUT2D eigenvalue weighted by atomic mass is 127. The first-order chi connectivity index (χ1) is 4.34. The van der Waals surface area contributed by atoms with Gasteiger partial charge in [0.05, 0.1) is 22.8 Å². The molecular weight excluding hydrogens is 234 g/mol. The first-order valence-electron chi connectivity index (χ1n) is 2.56. The molecule has 0 saturated carbocycles. The monoisotopic (exact) mass is 240 g/mol. The second-order valence-electron chi connectivity index (χ2n) is 1.60. The molecule has 1 aromatic heterocycles. The molecule has 9 heavy (non-hydrogen) atoms. The molecule has 0 bridgehead atoms. The average Bonchev–Trinajstić information content (AvgIpc) is 2.18. The summed E-state index contributed by atoms with van der Waals surface area (Å²) in [6, 6.07) is 0. The van der Waals surface area contributed by atoms with Crippen LogP contribution < -0.4 is 0 Å². The summed E-state index contributed by atoms with van der Waals surface area (Å²) in [5, 5.41) is 0. The number of hydrogen-bond donors (Lipinski definition) is 0. The number of halogens is 2. The van der Waals surface area contributed by atoms with E-state index in [0.717, 1.165) is 3.70 Å². The maximum absolute atomic E-state index is 11.7. The maximum Gasteiger partial charge on any atom is 0.107 e. The lowest BCUT2D eigenvalue weighted by molar-refractivity contribution is 0.442. The second-order valence-corrected chi connectivity index (χ2v) is 2.70. The van der Waals surface area contributed by atoms with E-state index in [1.54, 1.807) is 17.1 Å². The van der Waals surface area contributed by atoms with Crippen molar-refractivity contribution in [3.05, 3.63) is 16.2 Å². The molecule has 0 saturated heterocycles. The van der Waals surface area contributed by atoms with Crippen molar-refractivity contribution in [2.24, 2.45) is 0 Å². The van der Waals surface area contributed by atoms with E-state index in [9.17, 15) is 4.39 Å². The van der Waals surface area contributed by atoms with E-state index in [0.29, 0.717) is 6.54 Å². The minimum Gasteiger partial charge on any atom is -0.323 e. The van der Waals surface area contributed by atoms with Gasteiger partial charge in [-0.2, -0.15) is 0 Å². The molecule has 2 nitrogen and oxygen atoms in total. The quantitative estimate of drug-likeness (QED) is 0.715. The van der Waals surface area contributed by atoms with Crippen molar-refractivity contribution < 1.29 is 4.39 Å². The minimum absolute atomic E-state index is 0.327. The molecule has 0 aliphatic rings. The molecule has 4 heteroatoms. The van der Waals surface area contributed by atoms with Crippen LogP contribution in [0.2, 0.25) is 0 Å². The van der Waals surface area contributed by atoms with E-state index in [2.05, 4.69) is 27.6 Å². The van der Waals surface area contributed by atoms with Crippen molar-refractivity contribution in [3.8, 4) is 0 Å². The standard InChI is InChI=1S/C5H6FIN2/c6-1-2-9-4-8-3-5(9)7/h3-4H,1-2H2. The van der Waals surface area contributed by atoms with Gasteiger partial charge in [0.25, 0.3) is 0 Å². The van der Waals surface area contributed by atoms with Crippen LogP contribution in [0.5, 0.6) is 0 Å². The normalized spacial score (nSPS) is 10.0. The molecular formula is C5H6FIN2. The van der Waals surface area contributed by atoms with Crippen molar-refractivity contribution in [3.63, 3.8) is 0 Å². The van der Waals surface area contributed by atoms with E-state index in [1.807, 2.05) is 0 Å². The zero-order valence-corrected chi connectivity index (χ0v) is 6.88. The van der Waals surface area contributed by atoms with Gasteiger partial charge in [-0.25, -0.2) is 9.37 Å². The van der Waals surface area contributed by atoms with Crippen LogP contribution in [0.4, 0.5) is 4.39 Å². The average molecular weight is 240 g/mol. The van der Waals surface area contributed by atoms with Crippen LogP contribution in [0, 0.1) is 3.70 Å². The lowest BCUT2D eigenvalue weighted by Gasteiger charge is -1.96. The topological polar surface area (TPSA) is 17.8 Å². The smallest absolute Gasteiger partial charge is 0.107 e. The van der Waals surface area contributed by atoms with Crippen molar-refractivity contribution in [1.29, 1.82) is 0 Å². The number of imidazole rings is 1. The Hall–Kier alpha value is -0.130. The Kier molecular flexibility index (Phi) is 2.44. The Bertz CT molecular complexity index is 187. The van der Waals surface area contributed by atoms with Crippen LogP contribution in [0.1, 0.15) is 0 Å². The molecule has 0 N–H and O–H groups in total. The molecule has 50 valence electrons. The molecule has 1 aromatic rings. The Balaban J connectivity index is 2.69. The molecule has 0 aliphatic carbocycles. The van der Waals surface area contributed by atoms with Gasteiger partial charge in [0.1, 0.15) is 6.67 Å². The van der Waals surface area contributed by atoms with Crippen molar-refractivity contribution >= 4 is 22.6 Å². The molecule has 0 unspecified atom stereocenters. The van der Waals surface area contributed by atoms with E-state index in [1.165, 1.54) is 0 Å². The van der Waals surface area contributed by atoms with Crippen LogP contribution in [0.25, 0.3) is 0 Å². The largest absolute Gasteiger partial charge is 0.323 e. The van der Waals surface area contributed by atoms with Gasteiger partial charge in [-0.1, -0.05) is 0 Å². The van der Waals surface area contributed by atoms with Crippen LogP contribution in [-0.2, 0) is 6.54 Å². The fourth-order valence-corrected chi connectivity index (χ4v) is 1.09. The number of nitrogens with zero attached hydrogens (tertiary/aromatic N) is 2. The SMILES string of the molecule is FCCn1cncc1I. The molecule has 1 heterocycles. The third kappa shape index (κ3) is 1.64. The molecule has 0 amide bonds. The van der Waals surface area contributed by atoms with Gasteiger partial charge in [0.2, 0.25) is 0 Å². The summed E-state index contributed by atoms with van der Waals surface area (Å²) in [6.45, 7) is 0.0879. The second kappa shape index (κ2) is 3.14. The summed E-state index contributed by atoms with van der Waals surface area (Å²) < 4.78 is 14.4. The number of aromatic nitrogens is 2. The number of alkyl halides is 1. The Morgan fingerprint density at radius 1 is 1.78 bits per heavy atom. The summed E-state index contributed by atoms with van der Waals surface area (Å²) in [5.41, 5.74) is 0. The predicted octanol–water partition coefficient (Wildman–Crippen LogP) is 1.46. The van der Waals surface area contributed by atoms with Crippen LogP contribution in [0.3, 0.4) is 0 Å². The Morgan fingerprint density at radius 3 is 3.00 bits per heavy atom. The summed E-state index contributed by atoms with van der Waals surface area (Å²) in [6.07, 6.45) is 3.33. The zero-order valence-electron chi connectivity index (χ0n) is 4.72. The van der Waals surface area contributed by atoms with Gasteiger partial charge >= 0.3 is 0 Å². The van der Waals surface area contributed by atoms with Gasteiger partial charge in [-0.05, 0) is 22.6 Å². The van der Waals surface area contributed by atoms with Crippen LogP contribution in [0.15, 0.2) is 12.5 Å². The highest BCUT2D eigenvalue weighted by molar-refractivity contribution is 14.1. The van der Waals surface area contributed by atoms with Gasteiger partial charge in [-0.3, -0.25) is 0 Å². The summed E-state index contributed by atoms with van der Waals surface area (Å²) in [4.78, 5) is 3.83. The van der Waals surface area contributed by atoms with Crippen molar-refractivity contribution in [1.82, 2.24) is 9.55 Å². The molecule has 0 spiro atoms. The van der Waals surface area contributed by atoms with E-state index in [-0.39, 0.29) is 6.67 Å². The highest BCUT2D eigenvalue weighted by Gasteiger charge is 1.94. The third-order valence-corrected chi connectivity index (χ3v) is 1.89. The lowest BCUT2D eigenvalue weighted by atomic mass is 10.7. The number of hydrogen-bond acceptors (Lipinski definition) is 1. The number of aryl methyl sites for hydroxylation is 1. The van der Waals surface area contributed by atoms with Gasteiger partial charge in [0.15, 0.2) is 0 Å². The molecule has 0 aliphatic heterocycles. The number of rotatable bonds is 2. The van der Waals surface area contributed by atoms with E-state index >= 15 is 0 Å². The summed E-state index contributed by atoms with van der Waals surface area (Å²) in [7, 11) is 0. The van der Waals surface area contributed by atoms with Crippen LogP contribution in [-0.4, -0.2) is 16.2 Å². The molecule has 0 fully saturated rings. The first-order valence-corrected chi connectivity index (χ1v) is 3.64. The van der Waals surface area contributed by atoms with E-state index < -0.39 is 0 Å². The lowest BCUT2D eigenvalue weighted by Crippen LogP contribution is -1.98. The summed E-state index contributed by atoms with van der Waals surface area (Å²) >= 11 is 2.11. The van der Waals surface area contributed by atoms with Crippen molar-refractivity contribution in [2.45, 2.75) is 6.54 Å². The Labute approximate surface area is 66.2 Å². The summed E-state index contributed by atoms with van der Waals surface area (Å²) in [5.74, 6) is 0. The van der Waals surface area contributed by atoms with Gasteiger partial charge < -0.3 is 4.57 Å². The molecule has 0 aromatic carbocycles. The molecule has 0 radical (unpaired) electrons.